The molecule has 0 spiro atoms. The summed E-state index contributed by atoms with van der Waals surface area (Å²) in [5, 5.41) is 3.37. The van der Waals surface area contributed by atoms with E-state index in [1.807, 2.05) is 13.1 Å². The molecule has 0 saturated carbocycles. The highest BCUT2D eigenvalue weighted by molar-refractivity contribution is 6.31. The van der Waals surface area contributed by atoms with Gasteiger partial charge in [0.05, 0.1) is 5.02 Å². The molecule has 0 atom stereocenters. The Morgan fingerprint density at radius 1 is 1.35 bits per heavy atom. The van der Waals surface area contributed by atoms with Crippen molar-refractivity contribution >= 4 is 11.6 Å². The van der Waals surface area contributed by atoms with Crippen molar-refractivity contribution in [2.45, 2.75) is 19.9 Å². The Labute approximate surface area is 108 Å². The van der Waals surface area contributed by atoms with Crippen molar-refractivity contribution in [2.24, 2.45) is 0 Å². The predicted octanol–water partition coefficient (Wildman–Crippen LogP) is 2.91. The lowest BCUT2D eigenvalue weighted by molar-refractivity contribution is 0.267. The Morgan fingerprint density at radius 3 is 2.76 bits per heavy atom. The van der Waals surface area contributed by atoms with Crippen LogP contribution in [0.3, 0.4) is 0 Å². The Balaban J connectivity index is 2.67. The summed E-state index contributed by atoms with van der Waals surface area (Å²) in [7, 11) is 1.93. The van der Waals surface area contributed by atoms with Gasteiger partial charge < -0.3 is 5.32 Å². The molecule has 1 aromatic rings. The summed E-state index contributed by atoms with van der Waals surface area (Å²) in [4.78, 5) is 2.27. The number of likely N-dealkylation sites (N-methyl/N-ethyl adjacent to an activating group) is 1. The van der Waals surface area contributed by atoms with Crippen molar-refractivity contribution in [1.29, 1.82) is 0 Å². The van der Waals surface area contributed by atoms with E-state index in [9.17, 15) is 4.39 Å². The van der Waals surface area contributed by atoms with Gasteiger partial charge in [0.25, 0.3) is 0 Å². The van der Waals surface area contributed by atoms with Crippen LogP contribution < -0.4 is 5.32 Å². The highest BCUT2D eigenvalue weighted by Crippen LogP contribution is 2.21. The molecule has 0 saturated heterocycles. The van der Waals surface area contributed by atoms with Crippen molar-refractivity contribution < 1.29 is 4.39 Å². The first-order chi connectivity index (χ1) is 8.19. The molecular weight excluding hydrogens is 239 g/mol. The summed E-state index contributed by atoms with van der Waals surface area (Å²) in [6, 6.07) is 4.98. The molecule has 0 bridgehead atoms. The highest BCUT2D eigenvalue weighted by Gasteiger charge is 2.10. The third-order valence-corrected chi connectivity index (χ3v) is 3.07. The Hall–Kier alpha value is -0.640. The zero-order valence-corrected chi connectivity index (χ0v) is 11.2. The van der Waals surface area contributed by atoms with Gasteiger partial charge in [-0.1, -0.05) is 30.7 Å². The lowest BCUT2D eigenvalue weighted by atomic mass is 10.2. The summed E-state index contributed by atoms with van der Waals surface area (Å²) in [5.41, 5.74) is 0.858. The second-order valence-corrected chi connectivity index (χ2v) is 4.47. The lowest BCUT2D eigenvalue weighted by Gasteiger charge is -2.22. The average Bonchev–Trinajstić information content (AvgIpc) is 2.32. The van der Waals surface area contributed by atoms with Crippen LogP contribution in [0, 0.1) is 5.82 Å². The minimum absolute atomic E-state index is 0.248. The monoisotopic (exact) mass is 258 g/mol. The van der Waals surface area contributed by atoms with E-state index >= 15 is 0 Å². The van der Waals surface area contributed by atoms with Gasteiger partial charge in [-0.3, -0.25) is 4.90 Å². The van der Waals surface area contributed by atoms with Crippen LogP contribution in [0.25, 0.3) is 0 Å². The fourth-order valence-corrected chi connectivity index (χ4v) is 1.95. The molecule has 0 aliphatic heterocycles. The number of rotatable bonds is 7. The van der Waals surface area contributed by atoms with Crippen molar-refractivity contribution in [1.82, 2.24) is 10.2 Å². The quantitative estimate of drug-likeness (QED) is 0.809. The minimum Gasteiger partial charge on any atom is -0.318 e. The zero-order chi connectivity index (χ0) is 12.7. The number of halogens is 2. The fraction of sp³-hybridized carbons (Fsp3) is 0.538. The molecule has 1 N–H and O–H groups in total. The zero-order valence-electron chi connectivity index (χ0n) is 10.5. The van der Waals surface area contributed by atoms with Crippen LogP contribution in [-0.2, 0) is 6.54 Å². The standard InChI is InChI=1S/C13H20ClFN2/c1-3-8-17(9-7-16-2)10-11-5-4-6-12(15)13(11)14/h4-6,16H,3,7-10H2,1-2H3. The molecule has 0 unspecified atom stereocenters. The second kappa shape index (κ2) is 7.64. The molecule has 1 aromatic carbocycles. The topological polar surface area (TPSA) is 15.3 Å². The Kier molecular flexibility index (Phi) is 6.48. The van der Waals surface area contributed by atoms with Gasteiger partial charge in [-0.2, -0.15) is 0 Å². The average molecular weight is 259 g/mol. The number of hydrogen-bond acceptors (Lipinski definition) is 2. The maximum Gasteiger partial charge on any atom is 0.142 e. The van der Waals surface area contributed by atoms with Gasteiger partial charge in [0.1, 0.15) is 5.82 Å². The third kappa shape index (κ3) is 4.62. The first kappa shape index (κ1) is 14.4. The van der Waals surface area contributed by atoms with Crippen LogP contribution in [0.2, 0.25) is 5.02 Å². The summed E-state index contributed by atoms with van der Waals surface area (Å²) >= 11 is 5.95. The van der Waals surface area contributed by atoms with Crippen molar-refractivity contribution in [2.75, 3.05) is 26.7 Å². The van der Waals surface area contributed by atoms with Gasteiger partial charge in [-0.25, -0.2) is 4.39 Å². The van der Waals surface area contributed by atoms with Crippen LogP contribution in [-0.4, -0.2) is 31.6 Å². The van der Waals surface area contributed by atoms with Gasteiger partial charge in [-0.05, 0) is 31.6 Å². The van der Waals surface area contributed by atoms with Crippen LogP contribution in [0.4, 0.5) is 4.39 Å². The number of nitrogens with one attached hydrogen (secondary N) is 1. The molecular formula is C13H20ClFN2. The van der Waals surface area contributed by atoms with Gasteiger partial charge in [0.2, 0.25) is 0 Å². The van der Waals surface area contributed by atoms with Gasteiger partial charge >= 0.3 is 0 Å². The SMILES string of the molecule is CCCN(CCNC)Cc1cccc(F)c1Cl. The highest BCUT2D eigenvalue weighted by atomic mass is 35.5. The van der Waals surface area contributed by atoms with E-state index < -0.39 is 0 Å². The van der Waals surface area contributed by atoms with Gasteiger partial charge in [0.15, 0.2) is 0 Å². The maximum atomic E-state index is 13.3. The molecule has 0 aliphatic rings. The number of hydrogen-bond donors (Lipinski definition) is 1. The minimum atomic E-state index is -0.339. The van der Waals surface area contributed by atoms with Crippen LogP contribution in [0.1, 0.15) is 18.9 Å². The second-order valence-electron chi connectivity index (χ2n) is 4.09. The smallest absolute Gasteiger partial charge is 0.142 e. The lowest BCUT2D eigenvalue weighted by Crippen LogP contribution is -2.31. The molecule has 0 radical (unpaired) electrons. The van der Waals surface area contributed by atoms with E-state index in [1.54, 1.807) is 6.07 Å². The van der Waals surface area contributed by atoms with E-state index in [0.717, 1.165) is 31.6 Å². The molecule has 4 heteroatoms. The molecule has 2 nitrogen and oxygen atoms in total. The molecule has 17 heavy (non-hydrogen) atoms. The Bertz CT molecular complexity index is 344. The Morgan fingerprint density at radius 2 is 2.12 bits per heavy atom. The van der Waals surface area contributed by atoms with Gasteiger partial charge in [-0.15, -0.1) is 0 Å². The van der Waals surface area contributed by atoms with Crippen LogP contribution in [0.15, 0.2) is 18.2 Å². The largest absolute Gasteiger partial charge is 0.318 e. The first-order valence-corrected chi connectivity index (χ1v) is 6.36. The van der Waals surface area contributed by atoms with Crippen molar-refractivity contribution in [3.63, 3.8) is 0 Å². The van der Waals surface area contributed by atoms with E-state index in [4.69, 9.17) is 11.6 Å². The van der Waals surface area contributed by atoms with E-state index in [1.165, 1.54) is 6.07 Å². The summed E-state index contributed by atoms with van der Waals surface area (Å²) < 4.78 is 13.3. The molecule has 0 amide bonds. The normalized spacial score (nSPS) is 11.1. The molecule has 96 valence electrons. The summed E-state index contributed by atoms with van der Waals surface area (Å²) in [5.74, 6) is -0.339. The third-order valence-electron chi connectivity index (χ3n) is 2.64. The molecule has 0 aromatic heterocycles. The van der Waals surface area contributed by atoms with Crippen molar-refractivity contribution in [3.8, 4) is 0 Å². The van der Waals surface area contributed by atoms with Gasteiger partial charge in [0, 0.05) is 19.6 Å². The van der Waals surface area contributed by atoms with E-state index in [-0.39, 0.29) is 10.8 Å². The molecule has 0 heterocycles. The number of benzene rings is 1. The van der Waals surface area contributed by atoms with Crippen LogP contribution in [0.5, 0.6) is 0 Å². The fourth-order valence-electron chi connectivity index (χ4n) is 1.77. The van der Waals surface area contributed by atoms with E-state index in [2.05, 4.69) is 17.1 Å². The summed E-state index contributed by atoms with van der Waals surface area (Å²) in [6.07, 6.45) is 1.08. The molecule has 0 fully saturated rings. The van der Waals surface area contributed by atoms with Crippen LogP contribution >= 0.6 is 11.6 Å². The maximum absolute atomic E-state index is 13.3. The van der Waals surface area contributed by atoms with Crippen molar-refractivity contribution in [3.05, 3.63) is 34.6 Å². The summed E-state index contributed by atoms with van der Waals surface area (Å²) in [6.45, 7) is 5.70. The molecule has 1 rings (SSSR count). The van der Waals surface area contributed by atoms with E-state index in [0.29, 0.717) is 6.54 Å². The molecule has 0 aliphatic carbocycles. The predicted molar refractivity (Wildman–Crippen MR) is 70.9 cm³/mol. The first-order valence-electron chi connectivity index (χ1n) is 5.98. The number of nitrogens with zero attached hydrogens (tertiary/aromatic N) is 1.